The average Bonchev–Trinajstić information content (AvgIpc) is 3.26. The Morgan fingerprint density at radius 1 is 0.909 bits per heavy atom. The number of benzene rings is 2. The molecule has 2 aromatic carbocycles. The molecule has 0 unspecified atom stereocenters. The van der Waals surface area contributed by atoms with E-state index in [-0.39, 0.29) is 5.52 Å². The van der Waals surface area contributed by atoms with Crippen molar-refractivity contribution in [2.24, 2.45) is 0 Å². The van der Waals surface area contributed by atoms with E-state index >= 15 is 0 Å². The number of rotatable bonds is 6. The molecule has 3 N–H and O–H groups in total. The molecule has 5 aromatic rings. The second kappa shape index (κ2) is 8.50. The van der Waals surface area contributed by atoms with Crippen molar-refractivity contribution in [2.45, 2.75) is 0 Å². The summed E-state index contributed by atoms with van der Waals surface area (Å²) in [6.45, 7) is 0. The van der Waals surface area contributed by atoms with Crippen LogP contribution in [0.3, 0.4) is 0 Å². The molecular weight excluding hydrogens is 428 g/mol. The summed E-state index contributed by atoms with van der Waals surface area (Å²) in [6, 6.07) is 15.0. The summed E-state index contributed by atoms with van der Waals surface area (Å²) >= 11 is 0. The van der Waals surface area contributed by atoms with Crippen molar-refractivity contribution >= 4 is 28.6 Å². The van der Waals surface area contributed by atoms with E-state index in [9.17, 15) is 8.78 Å². The molecule has 0 aliphatic rings. The number of nitrogens with one attached hydrogen (secondary N) is 3. The zero-order valence-electron chi connectivity index (χ0n) is 17.3. The van der Waals surface area contributed by atoms with Crippen LogP contribution in [0.2, 0.25) is 0 Å². The molecule has 0 aliphatic carbocycles. The van der Waals surface area contributed by atoms with Gasteiger partial charge in [-0.3, -0.25) is 0 Å². The first kappa shape index (κ1) is 20.3. The number of aromatic amines is 1. The van der Waals surface area contributed by atoms with Gasteiger partial charge in [0.2, 0.25) is 17.8 Å². The minimum absolute atomic E-state index is 0.0636. The number of ether oxygens (including phenoxy) is 1. The van der Waals surface area contributed by atoms with Crippen LogP contribution in [-0.2, 0) is 0 Å². The monoisotopic (exact) mass is 445 g/mol. The van der Waals surface area contributed by atoms with Crippen LogP contribution in [0, 0.1) is 11.6 Å². The molecule has 3 aromatic heterocycles. The quantitative estimate of drug-likeness (QED) is 0.327. The fraction of sp³-hybridized carbons (Fsp3) is 0.0435. The van der Waals surface area contributed by atoms with Crippen LogP contribution in [0.1, 0.15) is 0 Å². The number of nitrogens with zero attached hydrogens (tertiary/aromatic N) is 4. The number of H-pyrrole nitrogens is 1. The minimum Gasteiger partial charge on any atom is -0.438 e. The van der Waals surface area contributed by atoms with Gasteiger partial charge in [0, 0.05) is 25.1 Å². The van der Waals surface area contributed by atoms with Gasteiger partial charge in [0.1, 0.15) is 11.3 Å². The maximum absolute atomic E-state index is 13.9. The van der Waals surface area contributed by atoms with E-state index in [1.54, 1.807) is 55.8 Å². The van der Waals surface area contributed by atoms with Crippen molar-refractivity contribution in [3.8, 4) is 22.9 Å². The lowest BCUT2D eigenvalue weighted by Gasteiger charge is -2.11. The van der Waals surface area contributed by atoms with Crippen LogP contribution < -0.4 is 15.4 Å². The average molecular weight is 445 g/mol. The molecular formula is C23H17F2N7O. The Morgan fingerprint density at radius 2 is 1.76 bits per heavy atom. The van der Waals surface area contributed by atoms with Crippen LogP contribution in [0.4, 0.5) is 26.4 Å². The molecule has 0 saturated heterocycles. The molecule has 0 saturated carbocycles. The van der Waals surface area contributed by atoms with Gasteiger partial charge in [-0.25, -0.2) is 28.7 Å². The fourth-order valence-electron chi connectivity index (χ4n) is 3.23. The summed E-state index contributed by atoms with van der Waals surface area (Å²) in [7, 11) is 1.75. The molecule has 33 heavy (non-hydrogen) atoms. The Balaban J connectivity index is 1.35. The summed E-state index contributed by atoms with van der Waals surface area (Å²) in [4.78, 5) is 19.9. The highest BCUT2D eigenvalue weighted by molar-refractivity contribution is 5.79. The first-order valence-corrected chi connectivity index (χ1v) is 9.95. The van der Waals surface area contributed by atoms with E-state index < -0.39 is 11.6 Å². The minimum atomic E-state index is -0.989. The number of imidazole rings is 1. The Hall–Kier alpha value is -4.60. The van der Waals surface area contributed by atoms with Crippen LogP contribution in [-0.4, -0.2) is 32.0 Å². The Morgan fingerprint density at radius 3 is 2.58 bits per heavy atom. The molecule has 0 bridgehead atoms. The van der Waals surface area contributed by atoms with Crippen LogP contribution in [0.15, 0.2) is 67.0 Å². The Bertz CT molecular complexity index is 1440. The van der Waals surface area contributed by atoms with Gasteiger partial charge in [-0.15, -0.1) is 0 Å². The van der Waals surface area contributed by atoms with E-state index in [2.05, 4.69) is 35.6 Å². The van der Waals surface area contributed by atoms with Gasteiger partial charge in [-0.05, 0) is 54.6 Å². The molecule has 0 radical (unpaired) electrons. The highest BCUT2D eigenvalue weighted by Crippen LogP contribution is 2.31. The van der Waals surface area contributed by atoms with Gasteiger partial charge in [0.05, 0.1) is 16.8 Å². The van der Waals surface area contributed by atoms with Crippen LogP contribution in [0.25, 0.3) is 22.3 Å². The standard InChI is InChI=1S/C23H17F2N7O/c1-26-22-28-12-10-17(30-22)15-3-2-11-27-21(15)33-14-6-4-13(5-7-14)29-23-31-18-9-8-16(24)19(25)20(18)32-23/h2-12H,1H3,(H,26,28,30)(H2,29,31,32). The van der Waals surface area contributed by atoms with Crippen molar-refractivity contribution in [1.82, 2.24) is 24.9 Å². The lowest BCUT2D eigenvalue weighted by atomic mass is 10.2. The fourth-order valence-corrected chi connectivity index (χ4v) is 3.23. The second-order valence-corrected chi connectivity index (χ2v) is 6.97. The highest BCUT2D eigenvalue weighted by atomic mass is 19.2. The maximum Gasteiger partial charge on any atom is 0.228 e. The maximum atomic E-state index is 13.9. The van der Waals surface area contributed by atoms with Gasteiger partial charge in [0.15, 0.2) is 11.6 Å². The summed E-state index contributed by atoms with van der Waals surface area (Å²) in [5.74, 6) is -0.197. The topological polar surface area (TPSA) is 101 Å². The third-order valence-electron chi connectivity index (χ3n) is 4.80. The summed E-state index contributed by atoms with van der Waals surface area (Å²) in [6.07, 6.45) is 3.29. The van der Waals surface area contributed by atoms with Crippen molar-refractivity contribution in [2.75, 3.05) is 17.7 Å². The van der Waals surface area contributed by atoms with Crippen molar-refractivity contribution < 1.29 is 13.5 Å². The Labute approximate surface area is 186 Å². The van der Waals surface area contributed by atoms with Gasteiger partial charge in [0.25, 0.3) is 0 Å². The van der Waals surface area contributed by atoms with Crippen molar-refractivity contribution in [3.63, 3.8) is 0 Å². The molecule has 5 rings (SSSR count). The van der Waals surface area contributed by atoms with Crippen LogP contribution in [0.5, 0.6) is 11.6 Å². The zero-order chi connectivity index (χ0) is 22.8. The third-order valence-corrected chi connectivity index (χ3v) is 4.80. The SMILES string of the molecule is CNc1nccc(-c2cccnc2Oc2ccc(Nc3nc4c(F)c(F)ccc4[nH]3)cc2)n1. The lowest BCUT2D eigenvalue weighted by Crippen LogP contribution is -1.98. The predicted octanol–water partition coefficient (Wildman–Crippen LogP) is 5.27. The number of hydrogen-bond donors (Lipinski definition) is 3. The normalized spacial score (nSPS) is 10.9. The molecule has 0 aliphatic heterocycles. The molecule has 0 spiro atoms. The predicted molar refractivity (Wildman–Crippen MR) is 121 cm³/mol. The molecule has 3 heterocycles. The number of halogens is 2. The summed E-state index contributed by atoms with van der Waals surface area (Å²) < 4.78 is 33.3. The highest BCUT2D eigenvalue weighted by Gasteiger charge is 2.13. The molecule has 0 fully saturated rings. The molecule has 0 amide bonds. The van der Waals surface area contributed by atoms with E-state index in [4.69, 9.17) is 4.74 Å². The number of pyridine rings is 1. The van der Waals surface area contributed by atoms with Gasteiger partial charge < -0.3 is 20.4 Å². The molecule has 0 atom stereocenters. The first-order chi connectivity index (χ1) is 16.1. The van der Waals surface area contributed by atoms with E-state index in [0.717, 1.165) is 11.6 Å². The van der Waals surface area contributed by atoms with Crippen molar-refractivity contribution in [3.05, 3.63) is 78.6 Å². The number of anilines is 3. The first-order valence-electron chi connectivity index (χ1n) is 9.95. The van der Waals surface area contributed by atoms with Gasteiger partial charge >= 0.3 is 0 Å². The van der Waals surface area contributed by atoms with Crippen molar-refractivity contribution in [1.29, 1.82) is 0 Å². The Kier molecular flexibility index (Phi) is 5.23. The van der Waals surface area contributed by atoms with E-state index in [0.29, 0.717) is 40.4 Å². The lowest BCUT2D eigenvalue weighted by molar-refractivity contribution is 0.465. The number of hydrogen-bond acceptors (Lipinski definition) is 7. The smallest absolute Gasteiger partial charge is 0.228 e. The van der Waals surface area contributed by atoms with Crippen LogP contribution >= 0.6 is 0 Å². The molecule has 8 nitrogen and oxygen atoms in total. The summed E-state index contributed by atoms with van der Waals surface area (Å²) in [5.41, 5.74) is 2.40. The molecule has 164 valence electrons. The second-order valence-electron chi connectivity index (χ2n) is 6.97. The zero-order valence-corrected chi connectivity index (χ0v) is 17.3. The molecule has 10 heteroatoms. The largest absolute Gasteiger partial charge is 0.438 e. The van der Waals surface area contributed by atoms with Gasteiger partial charge in [-0.2, -0.15) is 0 Å². The van der Waals surface area contributed by atoms with Gasteiger partial charge in [-0.1, -0.05) is 0 Å². The number of fused-ring (bicyclic) bond motifs is 1. The van der Waals surface area contributed by atoms with E-state index in [1.807, 2.05) is 6.07 Å². The summed E-state index contributed by atoms with van der Waals surface area (Å²) in [5, 5.41) is 5.94. The number of aromatic nitrogens is 5. The van der Waals surface area contributed by atoms with E-state index in [1.165, 1.54) is 6.07 Å². The third kappa shape index (κ3) is 4.13.